The SMILES string of the molecule is Cc1ccc(C2=CSC3=N[C@H]4CCCC[C@@H]4N23)cc1[N+](=O)[O-]. The molecule has 1 aliphatic carbocycles. The minimum atomic E-state index is -0.302. The fourth-order valence-corrected chi connectivity index (χ4v) is 4.61. The van der Waals surface area contributed by atoms with Crippen molar-refractivity contribution in [1.29, 1.82) is 0 Å². The second-order valence-electron chi connectivity index (χ2n) is 6.08. The maximum absolute atomic E-state index is 11.2. The van der Waals surface area contributed by atoms with Crippen molar-refractivity contribution in [3.63, 3.8) is 0 Å². The van der Waals surface area contributed by atoms with Crippen LogP contribution in [0.5, 0.6) is 0 Å². The van der Waals surface area contributed by atoms with E-state index in [1.165, 1.54) is 12.8 Å². The third kappa shape index (κ3) is 2.05. The Morgan fingerprint density at radius 3 is 3.00 bits per heavy atom. The lowest BCUT2D eigenvalue weighted by molar-refractivity contribution is -0.385. The zero-order chi connectivity index (χ0) is 15.3. The van der Waals surface area contributed by atoms with Crippen molar-refractivity contribution in [3.05, 3.63) is 44.8 Å². The van der Waals surface area contributed by atoms with Crippen molar-refractivity contribution in [2.45, 2.75) is 44.7 Å². The van der Waals surface area contributed by atoms with Gasteiger partial charge < -0.3 is 4.90 Å². The van der Waals surface area contributed by atoms with Gasteiger partial charge in [0, 0.05) is 22.6 Å². The monoisotopic (exact) mass is 315 g/mol. The summed E-state index contributed by atoms with van der Waals surface area (Å²) < 4.78 is 0. The van der Waals surface area contributed by atoms with E-state index >= 15 is 0 Å². The number of aliphatic imine (C=N–C) groups is 1. The number of nitro groups is 1. The molecule has 0 unspecified atom stereocenters. The van der Waals surface area contributed by atoms with Crippen LogP contribution in [0.25, 0.3) is 5.70 Å². The Labute approximate surface area is 133 Å². The summed E-state index contributed by atoms with van der Waals surface area (Å²) in [7, 11) is 0. The van der Waals surface area contributed by atoms with Crippen molar-refractivity contribution >= 4 is 28.3 Å². The highest BCUT2D eigenvalue weighted by Gasteiger charge is 2.42. The van der Waals surface area contributed by atoms with E-state index in [0.29, 0.717) is 17.6 Å². The van der Waals surface area contributed by atoms with E-state index in [1.807, 2.05) is 12.1 Å². The van der Waals surface area contributed by atoms with Crippen LogP contribution in [-0.2, 0) is 0 Å². The summed E-state index contributed by atoms with van der Waals surface area (Å²) >= 11 is 1.64. The van der Waals surface area contributed by atoms with E-state index < -0.39 is 0 Å². The fourth-order valence-electron chi connectivity index (χ4n) is 3.60. The van der Waals surface area contributed by atoms with Crippen LogP contribution in [0.2, 0.25) is 0 Å². The Morgan fingerprint density at radius 2 is 2.18 bits per heavy atom. The zero-order valence-electron chi connectivity index (χ0n) is 12.4. The van der Waals surface area contributed by atoms with Gasteiger partial charge in [-0.2, -0.15) is 0 Å². The summed E-state index contributed by atoms with van der Waals surface area (Å²) in [6.07, 6.45) is 4.81. The van der Waals surface area contributed by atoms with Gasteiger partial charge in [0.05, 0.1) is 22.7 Å². The molecule has 0 amide bonds. The number of fused-ring (bicyclic) bond motifs is 3. The Hall–Kier alpha value is -1.82. The fraction of sp³-hybridized carbons (Fsp3) is 0.438. The molecule has 6 heteroatoms. The lowest BCUT2D eigenvalue weighted by Gasteiger charge is -2.32. The van der Waals surface area contributed by atoms with Crippen molar-refractivity contribution in [2.75, 3.05) is 0 Å². The average molecular weight is 315 g/mol. The maximum Gasteiger partial charge on any atom is 0.272 e. The van der Waals surface area contributed by atoms with Crippen LogP contribution in [0.1, 0.15) is 36.8 Å². The molecule has 5 nitrogen and oxygen atoms in total. The largest absolute Gasteiger partial charge is 0.315 e. The van der Waals surface area contributed by atoms with Crippen LogP contribution < -0.4 is 0 Å². The number of nitrogens with zero attached hydrogens (tertiary/aromatic N) is 3. The molecule has 0 bridgehead atoms. The lowest BCUT2D eigenvalue weighted by Crippen LogP contribution is -2.38. The molecule has 2 atom stereocenters. The molecule has 0 saturated heterocycles. The lowest BCUT2D eigenvalue weighted by atomic mass is 9.90. The molecule has 114 valence electrons. The number of benzene rings is 1. The second-order valence-corrected chi connectivity index (χ2v) is 6.92. The second kappa shape index (κ2) is 5.12. The van der Waals surface area contributed by atoms with E-state index in [1.54, 1.807) is 24.8 Å². The number of aryl methyl sites for hydroxylation is 1. The smallest absolute Gasteiger partial charge is 0.272 e. The van der Waals surface area contributed by atoms with Gasteiger partial charge in [0.2, 0.25) is 0 Å². The summed E-state index contributed by atoms with van der Waals surface area (Å²) in [5.41, 5.74) is 2.88. The maximum atomic E-state index is 11.2. The Bertz CT molecular complexity index is 713. The van der Waals surface area contributed by atoms with Gasteiger partial charge in [0.25, 0.3) is 5.69 Å². The van der Waals surface area contributed by atoms with E-state index in [-0.39, 0.29) is 10.6 Å². The predicted molar refractivity (Wildman–Crippen MR) is 88.7 cm³/mol. The van der Waals surface area contributed by atoms with Gasteiger partial charge in [-0.15, -0.1) is 0 Å². The van der Waals surface area contributed by atoms with Crippen molar-refractivity contribution in [3.8, 4) is 0 Å². The van der Waals surface area contributed by atoms with Crippen LogP contribution in [0.15, 0.2) is 28.6 Å². The molecule has 1 aromatic carbocycles. The molecule has 0 aromatic heterocycles. The highest BCUT2D eigenvalue weighted by Crippen LogP contribution is 2.44. The summed E-state index contributed by atoms with van der Waals surface area (Å²) in [5.74, 6) is 0. The zero-order valence-corrected chi connectivity index (χ0v) is 13.2. The van der Waals surface area contributed by atoms with Gasteiger partial charge in [-0.3, -0.25) is 15.1 Å². The number of nitro benzene ring substituents is 1. The summed E-state index contributed by atoms with van der Waals surface area (Å²) in [6, 6.07) is 6.35. The van der Waals surface area contributed by atoms with E-state index in [4.69, 9.17) is 4.99 Å². The number of rotatable bonds is 2. The van der Waals surface area contributed by atoms with Crippen LogP contribution in [0, 0.1) is 17.0 Å². The molecule has 1 fully saturated rings. The number of hydrogen-bond donors (Lipinski definition) is 0. The van der Waals surface area contributed by atoms with Crippen LogP contribution >= 0.6 is 11.8 Å². The first-order valence-corrected chi connectivity index (χ1v) is 8.52. The Balaban J connectivity index is 1.70. The highest BCUT2D eigenvalue weighted by molar-refractivity contribution is 8.16. The van der Waals surface area contributed by atoms with Crippen LogP contribution in [0.4, 0.5) is 5.69 Å². The standard InChI is InChI=1S/C16H17N3O2S/c1-10-6-7-11(8-14(10)19(20)21)15-9-22-16-17-12-4-2-3-5-13(12)18(15)16/h6-9,12-13H,2-5H2,1H3/t12-,13-/m0/s1. The molecule has 1 aromatic rings. The van der Waals surface area contributed by atoms with Crippen LogP contribution in [0.3, 0.4) is 0 Å². The minimum absolute atomic E-state index is 0.188. The van der Waals surface area contributed by atoms with Crippen molar-refractivity contribution < 1.29 is 4.92 Å². The molecule has 4 rings (SSSR count). The van der Waals surface area contributed by atoms with Gasteiger partial charge >= 0.3 is 0 Å². The third-order valence-electron chi connectivity index (χ3n) is 4.75. The summed E-state index contributed by atoms with van der Waals surface area (Å²) in [6.45, 7) is 1.78. The van der Waals surface area contributed by atoms with Gasteiger partial charge in [0.15, 0.2) is 5.17 Å². The Morgan fingerprint density at radius 1 is 1.36 bits per heavy atom. The molecule has 0 radical (unpaired) electrons. The first-order chi connectivity index (χ1) is 10.6. The van der Waals surface area contributed by atoms with Crippen molar-refractivity contribution in [2.24, 2.45) is 4.99 Å². The molecule has 1 saturated carbocycles. The summed E-state index contributed by atoms with van der Waals surface area (Å²) in [4.78, 5) is 18.0. The van der Waals surface area contributed by atoms with Gasteiger partial charge in [-0.1, -0.05) is 36.7 Å². The molecule has 0 N–H and O–H groups in total. The highest BCUT2D eigenvalue weighted by atomic mass is 32.2. The molecular formula is C16H17N3O2S. The third-order valence-corrected chi connectivity index (χ3v) is 5.60. The van der Waals surface area contributed by atoms with Gasteiger partial charge in [-0.25, -0.2) is 0 Å². The van der Waals surface area contributed by atoms with Gasteiger partial charge in [0.1, 0.15) is 0 Å². The topological polar surface area (TPSA) is 58.7 Å². The van der Waals surface area contributed by atoms with Crippen LogP contribution in [-0.4, -0.2) is 27.1 Å². The molecule has 3 aliphatic rings. The van der Waals surface area contributed by atoms with E-state index in [0.717, 1.165) is 29.3 Å². The minimum Gasteiger partial charge on any atom is -0.315 e. The summed E-state index contributed by atoms with van der Waals surface area (Å²) in [5, 5.41) is 14.3. The average Bonchev–Trinajstić information content (AvgIpc) is 3.06. The Kier molecular flexibility index (Phi) is 3.22. The van der Waals surface area contributed by atoms with E-state index in [9.17, 15) is 10.1 Å². The number of thioether (sulfide) groups is 1. The molecular weight excluding hydrogens is 298 g/mol. The normalized spacial score (nSPS) is 26.3. The number of hydrogen-bond acceptors (Lipinski definition) is 5. The molecule has 2 heterocycles. The quantitative estimate of drug-likeness (QED) is 0.613. The van der Waals surface area contributed by atoms with E-state index in [2.05, 4.69) is 10.3 Å². The molecule has 2 aliphatic heterocycles. The molecule has 22 heavy (non-hydrogen) atoms. The van der Waals surface area contributed by atoms with Crippen molar-refractivity contribution in [1.82, 2.24) is 4.90 Å². The first kappa shape index (κ1) is 13.8. The van der Waals surface area contributed by atoms with Gasteiger partial charge in [-0.05, 0) is 19.8 Å². The number of amidine groups is 1. The first-order valence-electron chi connectivity index (χ1n) is 7.64. The molecule has 0 spiro atoms. The predicted octanol–water partition coefficient (Wildman–Crippen LogP) is 3.93.